The zero-order chi connectivity index (χ0) is 9.14. The Bertz CT molecular complexity index is 270. The van der Waals surface area contributed by atoms with Crippen molar-refractivity contribution >= 4 is 23.5 Å². The van der Waals surface area contributed by atoms with E-state index in [4.69, 9.17) is 4.74 Å². The topological polar surface area (TPSA) is 14.2 Å². The van der Waals surface area contributed by atoms with Crippen molar-refractivity contribution in [3.63, 3.8) is 0 Å². The second-order valence-corrected chi connectivity index (χ2v) is 3.97. The van der Waals surface area contributed by atoms with Gasteiger partial charge in [-0.2, -0.15) is 0 Å². The first-order valence-corrected chi connectivity index (χ1v) is 6.01. The SMILES string of the molecule is COc1cc(SC)c(SC)n1C. The van der Waals surface area contributed by atoms with E-state index in [2.05, 4.69) is 23.1 Å². The summed E-state index contributed by atoms with van der Waals surface area (Å²) < 4.78 is 7.27. The van der Waals surface area contributed by atoms with E-state index in [1.54, 1.807) is 30.6 Å². The van der Waals surface area contributed by atoms with Gasteiger partial charge in [-0.15, -0.1) is 23.5 Å². The van der Waals surface area contributed by atoms with Gasteiger partial charge < -0.3 is 9.30 Å². The first-order valence-electron chi connectivity index (χ1n) is 3.56. The maximum Gasteiger partial charge on any atom is 0.194 e. The predicted octanol–water partition coefficient (Wildman–Crippen LogP) is 2.48. The molecular formula is C8H13NOS2. The highest BCUT2D eigenvalue weighted by Crippen LogP contribution is 2.33. The van der Waals surface area contributed by atoms with Crippen molar-refractivity contribution in [2.24, 2.45) is 7.05 Å². The second-order valence-electron chi connectivity index (χ2n) is 2.32. The average Bonchev–Trinajstić information content (AvgIpc) is 2.41. The van der Waals surface area contributed by atoms with E-state index in [1.165, 1.54) is 9.92 Å². The number of nitrogens with zero attached hydrogens (tertiary/aromatic N) is 1. The zero-order valence-corrected chi connectivity index (χ0v) is 9.38. The summed E-state index contributed by atoms with van der Waals surface area (Å²) in [5.41, 5.74) is 0. The quantitative estimate of drug-likeness (QED) is 0.701. The van der Waals surface area contributed by atoms with Crippen molar-refractivity contribution < 1.29 is 4.74 Å². The maximum atomic E-state index is 5.21. The Morgan fingerprint density at radius 2 is 2.00 bits per heavy atom. The monoisotopic (exact) mass is 203 g/mol. The Labute approximate surface area is 81.7 Å². The average molecular weight is 203 g/mol. The summed E-state index contributed by atoms with van der Waals surface area (Å²) in [4.78, 5) is 1.28. The molecule has 0 saturated carbocycles. The van der Waals surface area contributed by atoms with E-state index >= 15 is 0 Å². The first-order chi connectivity index (χ1) is 5.74. The van der Waals surface area contributed by atoms with Crippen molar-refractivity contribution in [1.29, 1.82) is 0 Å². The van der Waals surface area contributed by atoms with Gasteiger partial charge in [0, 0.05) is 18.0 Å². The fourth-order valence-corrected chi connectivity index (χ4v) is 2.77. The maximum absolute atomic E-state index is 5.21. The van der Waals surface area contributed by atoms with Gasteiger partial charge in [-0.1, -0.05) is 0 Å². The standard InChI is InChI=1S/C8H13NOS2/c1-9-7(10-2)5-6(11-3)8(9)12-4/h5H,1-4H3. The van der Waals surface area contributed by atoms with Crippen LogP contribution in [0.5, 0.6) is 5.88 Å². The van der Waals surface area contributed by atoms with E-state index in [-0.39, 0.29) is 0 Å². The Hall–Kier alpha value is -0.220. The third kappa shape index (κ3) is 1.59. The van der Waals surface area contributed by atoms with Gasteiger partial charge in [0.1, 0.15) is 0 Å². The molecule has 0 spiro atoms. The van der Waals surface area contributed by atoms with Gasteiger partial charge in [0.15, 0.2) is 5.88 Å². The molecule has 0 aliphatic heterocycles. The number of methoxy groups -OCH3 is 1. The van der Waals surface area contributed by atoms with E-state index in [0.717, 1.165) is 5.88 Å². The molecule has 2 nitrogen and oxygen atoms in total. The van der Waals surface area contributed by atoms with Gasteiger partial charge in [-0.3, -0.25) is 0 Å². The summed E-state index contributed by atoms with van der Waals surface area (Å²) >= 11 is 3.49. The molecule has 0 N–H and O–H groups in total. The van der Waals surface area contributed by atoms with Crippen molar-refractivity contribution in [3.8, 4) is 5.88 Å². The minimum Gasteiger partial charge on any atom is -0.482 e. The van der Waals surface area contributed by atoms with Crippen LogP contribution in [0.2, 0.25) is 0 Å². The normalized spacial score (nSPS) is 10.3. The first kappa shape index (κ1) is 9.86. The fourth-order valence-electron chi connectivity index (χ4n) is 1.12. The molecule has 12 heavy (non-hydrogen) atoms. The van der Waals surface area contributed by atoms with Crippen LogP contribution in [0, 0.1) is 0 Å². The van der Waals surface area contributed by atoms with Gasteiger partial charge >= 0.3 is 0 Å². The summed E-state index contributed by atoms with van der Waals surface area (Å²) in [5.74, 6) is 0.920. The van der Waals surface area contributed by atoms with Gasteiger partial charge in [0.05, 0.1) is 12.1 Å². The van der Waals surface area contributed by atoms with Gasteiger partial charge in [0.2, 0.25) is 0 Å². The molecule has 0 amide bonds. The second kappa shape index (κ2) is 4.14. The lowest BCUT2D eigenvalue weighted by Gasteiger charge is -2.03. The summed E-state index contributed by atoms with van der Waals surface area (Å²) in [6.45, 7) is 0. The van der Waals surface area contributed by atoms with Crippen LogP contribution >= 0.6 is 23.5 Å². The number of hydrogen-bond donors (Lipinski definition) is 0. The van der Waals surface area contributed by atoms with Crippen LogP contribution in [0.1, 0.15) is 0 Å². The van der Waals surface area contributed by atoms with Crippen LogP contribution in [-0.4, -0.2) is 24.2 Å². The molecular weight excluding hydrogens is 190 g/mol. The minimum absolute atomic E-state index is 0.920. The number of ether oxygens (including phenoxy) is 1. The lowest BCUT2D eigenvalue weighted by molar-refractivity contribution is 0.377. The van der Waals surface area contributed by atoms with Crippen LogP contribution in [0.3, 0.4) is 0 Å². The van der Waals surface area contributed by atoms with E-state index in [9.17, 15) is 0 Å². The molecule has 1 aromatic heterocycles. The molecule has 0 atom stereocenters. The van der Waals surface area contributed by atoms with Gasteiger partial charge in [-0.25, -0.2) is 0 Å². The van der Waals surface area contributed by atoms with Crippen LogP contribution in [0.25, 0.3) is 0 Å². The molecule has 0 aliphatic rings. The molecule has 0 radical (unpaired) electrons. The smallest absolute Gasteiger partial charge is 0.194 e. The molecule has 1 heterocycles. The predicted molar refractivity (Wildman–Crippen MR) is 55.5 cm³/mol. The summed E-state index contributed by atoms with van der Waals surface area (Å²) in [6, 6.07) is 2.07. The summed E-state index contributed by atoms with van der Waals surface area (Å²) in [7, 11) is 3.72. The van der Waals surface area contributed by atoms with Crippen LogP contribution in [0.4, 0.5) is 0 Å². The van der Waals surface area contributed by atoms with E-state index in [1.807, 2.05) is 7.05 Å². The Balaban J connectivity index is 3.13. The number of aromatic nitrogens is 1. The summed E-state index contributed by atoms with van der Waals surface area (Å²) in [5, 5.41) is 1.26. The van der Waals surface area contributed by atoms with Gasteiger partial charge in [0.25, 0.3) is 0 Å². The highest BCUT2D eigenvalue weighted by atomic mass is 32.2. The number of thioether (sulfide) groups is 2. The van der Waals surface area contributed by atoms with Crippen molar-refractivity contribution in [2.75, 3.05) is 19.6 Å². The van der Waals surface area contributed by atoms with Crippen molar-refractivity contribution in [2.45, 2.75) is 9.92 Å². The highest BCUT2D eigenvalue weighted by molar-refractivity contribution is 8.01. The molecule has 4 heteroatoms. The Morgan fingerprint density at radius 3 is 2.33 bits per heavy atom. The van der Waals surface area contributed by atoms with Gasteiger partial charge in [-0.05, 0) is 12.5 Å². The highest BCUT2D eigenvalue weighted by Gasteiger charge is 2.10. The molecule has 0 saturated heterocycles. The Kier molecular flexibility index (Phi) is 3.40. The molecule has 68 valence electrons. The fraction of sp³-hybridized carbons (Fsp3) is 0.500. The lowest BCUT2D eigenvalue weighted by atomic mass is 10.6. The molecule has 1 rings (SSSR count). The summed E-state index contributed by atoms with van der Waals surface area (Å²) in [6.07, 6.45) is 4.16. The molecule has 0 fully saturated rings. The minimum atomic E-state index is 0.920. The molecule has 1 aromatic rings. The molecule has 0 aliphatic carbocycles. The number of hydrogen-bond acceptors (Lipinski definition) is 3. The van der Waals surface area contributed by atoms with Crippen LogP contribution < -0.4 is 4.74 Å². The third-order valence-electron chi connectivity index (χ3n) is 1.72. The molecule has 0 unspecified atom stereocenters. The molecule has 0 bridgehead atoms. The van der Waals surface area contributed by atoms with E-state index in [0.29, 0.717) is 0 Å². The number of rotatable bonds is 3. The zero-order valence-electron chi connectivity index (χ0n) is 7.75. The van der Waals surface area contributed by atoms with Crippen LogP contribution in [-0.2, 0) is 7.05 Å². The Morgan fingerprint density at radius 1 is 1.33 bits per heavy atom. The van der Waals surface area contributed by atoms with E-state index < -0.39 is 0 Å². The van der Waals surface area contributed by atoms with Crippen LogP contribution in [0.15, 0.2) is 16.0 Å². The lowest BCUT2D eigenvalue weighted by Crippen LogP contribution is -1.94. The van der Waals surface area contributed by atoms with Crippen molar-refractivity contribution in [3.05, 3.63) is 6.07 Å². The van der Waals surface area contributed by atoms with Crippen molar-refractivity contribution in [1.82, 2.24) is 4.57 Å². The third-order valence-corrected chi connectivity index (χ3v) is 3.48. The molecule has 0 aromatic carbocycles. The largest absolute Gasteiger partial charge is 0.482 e.